The summed E-state index contributed by atoms with van der Waals surface area (Å²) in [6.45, 7) is 0. The third kappa shape index (κ3) is 5.20. The molecule has 9 aromatic carbocycles. The first-order valence-electron chi connectivity index (χ1n) is 18.7. The van der Waals surface area contributed by atoms with Gasteiger partial charge in [-0.1, -0.05) is 140 Å². The van der Waals surface area contributed by atoms with Gasteiger partial charge in [0, 0.05) is 49.6 Å². The van der Waals surface area contributed by atoms with Crippen molar-refractivity contribution in [3.8, 4) is 33.4 Å². The molecule has 11 rings (SSSR count). The normalized spacial score (nSPS) is 11.6. The molecule has 0 atom stereocenters. The lowest BCUT2D eigenvalue weighted by molar-refractivity contribution is 0.670. The highest BCUT2D eigenvalue weighted by molar-refractivity contribution is 6.19. The minimum atomic E-state index is 0.896. The van der Waals surface area contributed by atoms with E-state index in [1.165, 1.54) is 16.5 Å². The lowest BCUT2D eigenvalue weighted by Crippen LogP contribution is -2.09. The van der Waals surface area contributed by atoms with Crippen LogP contribution in [0.3, 0.4) is 0 Å². The molecule has 0 saturated heterocycles. The molecule has 3 heteroatoms. The quantitative estimate of drug-likeness (QED) is 0.173. The van der Waals surface area contributed by atoms with E-state index in [0.717, 1.165) is 88.6 Å². The van der Waals surface area contributed by atoms with Crippen LogP contribution in [-0.4, -0.2) is 0 Å². The van der Waals surface area contributed by atoms with Crippen molar-refractivity contribution in [3.05, 3.63) is 200 Å². The van der Waals surface area contributed by atoms with Crippen molar-refractivity contribution in [2.75, 3.05) is 4.90 Å². The standard InChI is InChI=1S/C52H33NO2/c1-3-12-34(13-4-1)37-26-31-44-48-33-47(42-16-7-8-18-45(42)52(48)55-50(44)32-37)36-24-29-40(30-25-36)53(38-14-5-2-6-15-38)39-27-22-35(23-28-39)41-19-11-20-46-43-17-9-10-21-49(43)54-51(41)46/h1-33H. The second-order valence-electron chi connectivity index (χ2n) is 14.1. The molecular weight excluding hydrogens is 671 g/mol. The van der Waals surface area contributed by atoms with Gasteiger partial charge in [0.1, 0.15) is 22.3 Å². The SMILES string of the molecule is c1ccc(-c2ccc3c(c2)oc2c4ccccc4c(-c4ccc(N(c5ccccc5)c5ccc(-c6cccc7c6oc6ccccc67)cc5)cc4)cc32)cc1. The molecule has 3 nitrogen and oxygen atoms in total. The first kappa shape index (κ1) is 31.2. The van der Waals surface area contributed by atoms with Crippen LogP contribution in [-0.2, 0) is 0 Å². The molecule has 258 valence electrons. The van der Waals surface area contributed by atoms with Gasteiger partial charge < -0.3 is 13.7 Å². The maximum absolute atomic E-state index is 6.63. The van der Waals surface area contributed by atoms with E-state index in [4.69, 9.17) is 8.83 Å². The Morgan fingerprint density at radius 2 is 0.800 bits per heavy atom. The van der Waals surface area contributed by atoms with E-state index in [2.05, 4.69) is 187 Å². The van der Waals surface area contributed by atoms with Crippen molar-refractivity contribution in [3.63, 3.8) is 0 Å². The summed E-state index contributed by atoms with van der Waals surface area (Å²) < 4.78 is 13.0. The number of hydrogen-bond acceptors (Lipinski definition) is 3. The zero-order chi connectivity index (χ0) is 36.3. The monoisotopic (exact) mass is 703 g/mol. The molecule has 2 heterocycles. The van der Waals surface area contributed by atoms with Gasteiger partial charge in [-0.3, -0.25) is 0 Å². The van der Waals surface area contributed by atoms with Crippen molar-refractivity contribution >= 4 is 71.7 Å². The number of para-hydroxylation sites is 3. The Bertz CT molecular complexity index is 3180. The Morgan fingerprint density at radius 1 is 0.273 bits per heavy atom. The van der Waals surface area contributed by atoms with E-state index < -0.39 is 0 Å². The first-order valence-corrected chi connectivity index (χ1v) is 18.7. The number of furan rings is 2. The summed E-state index contributed by atoms with van der Waals surface area (Å²) >= 11 is 0. The highest BCUT2D eigenvalue weighted by Gasteiger charge is 2.18. The molecule has 0 radical (unpaired) electrons. The van der Waals surface area contributed by atoms with Gasteiger partial charge in [-0.15, -0.1) is 0 Å². The lowest BCUT2D eigenvalue weighted by atomic mass is 9.95. The van der Waals surface area contributed by atoms with Gasteiger partial charge in [0.15, 0.2) is 0 Å². The minimum absolute atomic E-state index is 0.896. The van der Waals surface area contributed by atoms with Gasteiger partial charge in [0.25, 0.3) is 0 Å². The van der Waals surface area contributed by atoms with Crippen molar-refractivity contribution < 1.29 is 8.83 Å². The highest BCUT2D eigenvalue weighted by Crippen LogP contribution is 2.43. The molecular formula is C52H33NO2. The molecule has 0 amide bonds. The summed E-state index contributed by atoms with van der Waals surface area (Å²) in [6.07, 6.45) is 0. The van der Waals surface area contributed by atoms with Crippen LogP contribution in [0.2, 0.25) is 0 Å². The Balaban J connectivity index is 0.988. The van der Waals surface area contributed by atoms with Crippen molar-refractivity contribution in [2.24, 2.45) is 0 Å². The zero-order valence-electron chi connectivity index (χ0n) is 29.8. The number of rotatable bonds is 6. The van der Waals surface area contributed by atoms with E-state index in [1.54, 1.807) is 0 Å². The molecule has 2 aromatic heterocycles. The molecule has 0 saturated carbocycles. The third-order valence-corrected chi connectivity index (χ3v) is 10.9. The molecule has 0 N–H and O–H groups in total. The maximum atomic E-state index is 6.63. The van der Waals surface area contributed by atoms with Crippen LogP contribution >= 0.6 is 0 Å². The van der Waals surface area contributed by atoms with Crippen molar-refractivity contribution in [1.82, 2.24) is 0 Å². The maximum Gasteiger partial charge on any atom is 0.143 e. The van der Waals surface area contributed by atoms with Gasteiger partial charge in [-0.25, -0.2) is 0 Å². The van der Waals surface area contributed by atoms with Crippen LogP contribution in [0.1, 0.15) is 0 Å². The third-order valence-electron chi connectivity index (χ3n) is 10.9. The number of nitrogens with zero attached hydrogens (tertiary/aromatic N) is 1. The van der Waals surface area contributed by atoms with Gasteiger partial charge in [-0.05, 0) is 93.9 Å². The average Bonchev–Trinajstić information content (AvgIpc) is 3.83. The number of benzene rings is 9. The Hall–Kier alpha value is -7.36. The average molecular weight is 704 g/mol. The van der Waals surface area contributed by atoms with Crippen molar-refractivity contribution in [1.29, 1.82) is 0 Å². The summed E-state index contributed by atoms with van der Waals surface area (Å²) in [4.78, 5) is 2.31. The largest absolute Gasteiger partial charge is 0.455 e. The zero-order valence-corrected chi connectivity index (χ0v) is 29.8. The molecule has 0 aliphatic carbocycles. The molecule has 0 aliphatic heterocycles. The van der Waals surface area contributed by atoms with Crippen LogP contribution in [0.15, 0.2) is 209 Å². The van der Waals surface area contributed by atoms with E-state index in [-0.39, 0.29) is 0 Å². The number of fused-ring (bicyclic) bond motifs is 8. The van der Waals surface area contributed by atoms with Crippen LogP contribution in [0, 0.1) is 0 Å². The van der Waals surface area contributed by atoms with Gasteiger partial charge in [0.2, 0.25) is 0 Å². The summed E-state index contributed by atoms with van der Waals surface area (Å²) in [7, 11) is 0. The Labute approximate surface area is 317 Å². The fourth-order valence-electron chi connectivity index (χ4n) is 8.23. The first-order chi connectivity index (χ1) is 27.3. The van der Waals surface area contributed by atoms with Gasteiger partial charge >= 0.3 is 0 Å². The summed E-state index contributed by atoms with van der Waals surface area (Å²) in [5, 5.41) is 6.79. The highest BCUT2D eigenvalue weighted by atomic mass is 16.3. The van der Waals surface area contributed by atoms with Crippen LogP contribution in [0.4, 0.5) is 17.1 Å². The molecule has 0 spiro atoms. The van der Waals surface area contributed by atoms with E-state index in [1.807, 2.05) is 18.2 Å². The lowest BCUT2D eigenvalue weighted by Gasteiger charge is -2.26. The summed E-state index contributed by atoms with van der Waals surface area (Å²) in [5.74, 6) is 0. The smallest absolute Gasteiger partial charge is 0.143 e. The van der Waals surface area contributed by atoms with Crippen molar-refractivity contribution in [2.45, 2.75) is 0 Å². The molecule has 55 heavy (non-hydrogen) atoms. The number of anilines is 3. The molecule has 0 aliphatic rings. The van der Waals surface area contributed by atoms with Gasteiger partial charge in [0.05, 0.1) is 0 Å². The fraction of sp³-hybridized carbons (Fsp3) is 0. The predicted molar refractivity (Wildman–Crippen MR) is 229 cm³/mol. The molecule has 11 aromatic rings. The molecule has 0 bridgehead atoms. The Kier molecular flexibility index (Phi) is 7.17. The Morgan fingerprint density at radius 3 is 1.55 bits per heavy atom. The molecule has 0 unspecified atom stereocenters. The second-order valence-corrected chi connectivity index (χ2v) is 14.1. The van der Waals surface area contributed by atoms with Gasteiger partial charge in [-0.2, -0.15) is 0 Å². The summed E-state index contributed by atoms with van der Waals surface area (Å²) in [6, 6.07) is 70.8. The minimum Gasteiger partial charge on any atom is -0.455 e. The predicted octanol–water partition coefficient (Wildman–Crippen LogP) is 15.1. The van der Waals surface area contributed by atoms with Crippen LogP contribution in [0.25, 0.3) is 88.0 Å². The molecule has 0 fully saturated rings. The van der Waals surface area contributed by atoms with E-state index >= 15 is 0 Å². The van der Waals surface area contributed by atoms with Crippen LogP contribution in [0.5, 0.6) is 0 Å². The number of hydrogen-bond donors (Lipinski definition) is 0. The van der Waals surface area contributed by atoms with E-state index in [9.17, 15) is 0 Å². The topological polar surface area (TPSA) is 29.5 Å². The second kappa shape index (κ2) is 12.6. The van der Waals surface area contributed by atoms with E-state index in [0.29, 0.717) is 0 Å². The fourth-order valence-corrected chi connectivity index (χ4v) is 8.23. The summed E-state index contributed by atoms with van der Waals surface area (Å²) in [5.41, 5.74) is 13.7. The van der Waals surface area contributed by atoms with Crippen LogP contribution < -0.4 is 4.90 Å².